The molecule has 0 aliphatic rings. The van der Waals surface area contributed by atoms with E-state index < -0.39 is 23.2 Å². The van der Waals surface area contributed by atoms with Crippen LogP contribution in [0.15, 0.2) is 42.5 Å². The number of nitrogens with one attached hydrogen (secondary N) is 1. The zero-order valence-electron chi connectivity index (χ0n) is 11.9. The van der Waals surface area contributed by atoms with Crippen LogP contribution in [0.2, 0.25) is 0 Å². The Morgan fingerprint density at radius 1 is 1.05 bits per heavy atom. The fourth-order valence-corrected chi connectivity index (χ4v) is 1.76. The molecule has 2 aromatic carbocycles. The van der Waals surface area contributed by atoms with Gasteiger partial charge in [-0.3, -0.25) is 4.79 Å². The minimum absolute atomic E-state index is 0.372. The molecule has 0 heterocycles. The Balaban J connectivity index is 1.94. The van der Waals surface area contributed by atoms with Crippen LogP contribution in [0.4, 0.5) is 14.5 Å². The van der Waals surface area contributed by atoms with Gasteiger partial charge in [-0.2, -0.15) is 0 Å². The van der Waals surface area contributed by atoms with E-state index in [4.69, 9.17) is 9.47 Å². The van der Waals surface area contributed by atoms with Crippen molar-refractivity contribution in [1.82, 2.24) is 0 Å². The third-order valence-electron chi connectivity index (χ3n) is 2.71. The average molecular weight is 307 g/mol. The molecular weight excluding hydrogens is 292 g/mol. The maximum absolute atomic E-state index is 13.4. The molecule has 22 heavy (non-hydrogen) atoms. The zero-order valence-corrected chi connectivity index (χ0v) is 11.9. The van der Waals surface area contributed by atoms with Crippen LogP contribution in [0, 0.1) is 11.6 Å². The molecule has 0 aliphatic carbocycles. The number of ether oxygens (including phenoxy) is 2. The van der Waals surface area contributed by atoms with Gasteiger partial charge in [0, 0.05) is 6.07 Å². The van der Waals surface area contributed by atoms with Gasteiger partial charge in [-0.1, -0.05) is 12.1 Å². The fraction of sp³-hybridized carbons (Fsp3) is 0.188. The minimum atomic E-state index is -0.841. The number of rotatable bonds is 6. The highest BCUT2D eigenvalue weighted by molar-refractivity contribution is 5.92. The first-order valence-corrected chi connectivity index (χ1v) is 6.69. The highest BCUT2D eigenvalue weighted by Crippen LogP contribution is 2.20. The molecule has 4 nitrogen and oxygen atoms in total. The van der Waals surface area contributed by atoms with Gasteiger partial charge in [0.1, 0.15) is 28.8 Å². The van der Waals surface area contributed by atoms with Gasteiger partial charge in [0.05, 0.1) is 6.61 Å². The predicted molar refractivity (Wildman–Crippen MR) is 78.1 cm³/mol. The van der Waals surface area contributed by atoms with Crippen molar-refractivity contribution in [3.8, 4) is 11.5 Å². The van der Waals surface area contributed by atoms with Crippen LogP contribution in [0.5, 0.6) is 11.5 Å². The average Bonchev–Trinajstić information content (AvgIpc) is 2.50. The second-order valence-electron chi connectivity index (χ2n) is 4.34. The summed E-state index contributed by atoms with van der Waals surface area (Å²) in [6, 6.07) is 10.1. The lowest BCUT2D eigenvalue weighted by Crippen LogP contribution is -2.21. The molecule has 0 aromatic heterocycles. The van der Waals surface area contributed by atoms with Crippen molar-refractivity contribution < 1.29 is 23.0 Å². The van der Waals surface area contributed by atoms with E-state index in [1.807, 2.05) is 6.92 Å². The van der Waals surface area contributed by atoms with Crippen LogP contribution >= 0.6 is 0 Å². The summed E-state index contributed by atoms with van der Waals surface area (Å²) in [6.45, 7) is 1.99. The van der Waals surface area contributed by atoms with Crippen molar-refractivity contribution >= 4 is 11.6 Å². The lowest BCUT2D eigenvalue weighted by atomic mass is 10.3. The molecule has 0 bridgehead atoms. The van der Waals surface area contributed by atoms with Gasteiger partial charge >= 0.3 is 0 Å². The van der Waals surface area contributed by atoms with Crippen LogP contribution in [-0.2, 0) is 4.79 Å². The fourth-order valence-electron chi connectivity index (χ4n) is 1.76. The van der Waals surface area contributed by atoms with Crippen molar-refractivity contribution in [2.24, 2.45) is 0 Å². The molecule has 116 valence electrons. The van der Waals surface area contributed by atoms with E-state index in [0.29, 0.717) is 18.1 Å². The molecule has 0 spiro atoms. The van der Waals surface area contributed by atoms with Gasteiger partial charge in [-0.05, 0) is 31.2 Å². The molecule has 1 N–H and O–H groups in total. The van der Waals surface area contributed by atoms with E-state index in [1.165, 1.54) is 6.07 Å². The third-order valence-corrected chi connectivity index (χ3v) is 2.71. The number of benzene rings is 2. The number of hydrogen-bond acceptors (Lipinski definition) is 3. The molecule has 0 unspecified atom stereocenters. The van der Waals surface area contributed by atoms with Gasteiger partial charge in [0.2, 0.25) is 0 Å². The molecular formula is C16H15F2NO3. The maximum Gasteiger partial charge on any atom is 0.262 e. The summed E-state index contributed by atoms with van der Waals surface area (Å²) >= 11 is 0. The Bertz CT molecular complexity index is 641. The molecule has 2 aromatic rings. The Morgan fingerprint density at radius 2 is 1.64 bits per heavy atom. The van der Waals surface area contributed by atoms with Crippen LogP contribution in [-0.4, -0.2) is 19.1 Å². The van der Waals surface area contributed by atoms with Crippen LogP contribution in [0.1, 0.15) is 6.92 Å². The van der Waals surface area contributed by atoms with Gasteiger partial charge in [-0.15, -0.1) is 0 Å². The first-order chi connectivity index (χ1) is 10.6. The molecule has 6 heteroatoms. The van der Waals surface area contributed by atoms with E-state index in [0.717, 1.165) is 12.1 Å². The Labute approximate surface area is 126 Å². The summed E-state index contributed by atoms with van der Waals surface area (Å²) in [7, 11) is 0. The highest BCUT2D eigenvalue weighted by atomic mass is 19.1. The molecule has 0 saturated heterocycles. The van der Waals surface area contributed by atoms with Gasteiger partial charge in [-0.25, -0.2) is 8.78 Å². The summed E-state index contributed by atoms with van der Waals surface area (Å²) in [5.41, 5.74) is -0.487. The van der Waals surface area contributed by atoms with Crippen molar-refractivity contribution in [3.63, 3.8) is 0 Å². The van der Waals surface area contributed by atoms with E-state index in [-0.39, 0.29) is 6.61 Å². The molecule has 1 amide bonds. The van der Waals surface area contributed by atoms with E-state index in [1.54, 1.807) is 24.3 Å². The molecule has 0 radical (unpaired) electrons. The summed E-state index contributed by atoms with van der Waals surface area (Å²) in [4.78, 5) is 11.7. The van der Waals surface area contributed by atoms with Gasteiger partial charge < -0.3 is 14.8 Å². The largest absolute Gasteiger partial charge is 0.494 e. The molecule has 0 saturated carbocycles. The molecule has 0 aliphatic heterocycles. The molecule has 0 fully saturated rings. The van der Waals surface area contributed by atoms with Crippen LogP contribution in [0.3, 0.4) is 0 Å². The van der Waals surface area contributed by atoms with Crippen LogP contribution < -0.4 is 14.8 Å². The first-order valence-electron chi connectivity index (χ1n) is 6.69. The standard InChI is InChI=1S/C16H15F2NO3/c1-2-21-11-5-3-6-12(9-11)22-10-15(20)19-16-13(17)7-4-8-14(16)18/h3-9H,2,10H2,1H3,(H,19,20). The lowest BCUT2D eigenvalue weighted by molar-refractivity contribution is -0.118. The SMILES string of the molecule is CCOc1cccc(OCC(=O)Nc2c(F)cccc2F)c1. The number of para-hydroxylation sites is 1. The Morgan fingerprint density at radius 3 is 2.27 bits per heavy atom. The quantitative estimate of drug-likeness (QED) is 0.890. The van der Waals surface area contributed by atoms with Gasteiger partial charge in [0.15, 0.2) is 6.61 Å². The number of amides is 1. The third kappa shape index (κ3) is 4.18. The Kier molecular flexibility index (Phi) is 5.30. The minimum Gasteiger partial charge on any atom is -0.494 e. The van der Waals surface area contributed by atoms with Crippen molar-refractivity contribution in [1.29, 1.82) is 0 Å². The smallest absolute Gasteiger partial charge is 0.262 e. The normalized spacial score (nSPS) is 10.1. The van der Waals surface area contributed by atoms with E-state index in [2.05, 4.69) is 5.32 Å². The van der Waals surface area contributed by atoms with Crippen LogP contribution in [0.25, 0.3) is 0 Å². The summed E-state index contributed by atoms with van der Waals surface area (Å²) in [6.07, 6.45) is 0. The number of halogens is 2. The second kappa shape index (κ2) is 7.40. The topological polar surface area (TPSA) is 47.6 Å². The first kappa shape index (κ1) is 15.8. The Hall–Kier alpha value is -2.63. The summed E-state index contributed by atoms with van der Waals surface area (Å²) < 4.78 is 37.4. The van der Waals surface area contributed by atoms with Gasteiger partial charge in [0.25, 0.3) is 5.91 Å². The van der Waals surface area contributed by atoms with Crippen molar-refractivity contribution in [3.05, 3.63) is 54.1 Å². The lowest BCUT2D eigenvalue weighted by Gasteiger charge is -2.10. The maximum atomic E-state index is 13.4. The van der Waals surface area contributed by atoms with Crippen molar-refractivity contribution in [2.75, 3.05) is 18.5 Å². The number of carbonyl (C=O) groups is 1. The van der Waals surface area contributed by atoms with Crippen molar-refractivity contribution in [2.45, 2.75) is 6.92 Å². The second-order valence-corrected chi connectivity index (χ2v) is 4.34. The highest BCUT2D eigenvalue weighted by Gasteiger charge is 2.12. The van der Waals surface area contributed by atoms with E-state index in [9.17, 15) is 13.6 Å². The predicted octanol–water partition coefficient (Wildman–Crippen LogP) is 3.38. The molecule has 2 rings (SSSR count). The summed E-state index contributed by atoms with van der Waals surface area (Å²) in [5, 5.41) is 2.14. The monoisotopic (exact) mass is 307 g/mol. The summed E-state index contributed by atoms with van der Waals surface area (Å²) in [5.74, 6) is -1.31. The van der Waals surface area contributed by atoms with E-state index >= 15 is 0 Å². The zero-order chi connectivity index (χ0) is 15.9. The number of anilines is 1. The number of carbonyl (C=O) groups excluding carboxylic acids is 1. The molecule has 0 atom stereocenters. The number of hydrogen-bond donors (Lipinski definition) is 1.